The van der Waals surface area contributed by atoms with E-state index >= 15 is 0 Å². The van der Waals surface area contributed by atoms with Gasteiger partial charge in [-0.2, -0.15) is 0 Å². The maximum absolute atomic E-state index is 11.5. The van der Waals surface area contributed by atoms with E-state index in [0.717, 1.165) is 12.8 Å². The van der Waals surface area contributed by atoms with Crippen molar-refractivity contribution in [2.75, 3.05) is 7.05 Å². The highest BCUT2D eigenvalue weighted by Gasteiger charge is 2.58. The molecular formula is C11H19NO3. The largest absolute Gasteiger partial charge is 0.479 e. The van der Waals surface area contributed by atoms with Crippen molar-refractivity contribution in [1.82, 2.24) is 4.90 Å². The van der Waals surface area contributed by atoms with Crippen LogP contribution in [-0.2, 0) is 9.59 Å². The van der Waals surface area contributed by atoms with Crippen molar-refractivity contribution in [3.05, 3.63) is 0 Å². The van der Waals surface area contributed by atoms with Crippen molar-refractivity contribution in [2.45, 2.75) is 45.6 Å². The highest BCUT2D eigenvalue weighted by molar-refractivity contribution is 5.87. The smallest absolute Gasteiger partial charge is 0.330 e. The van der Waals surface area contributed by atoms with E-state index in [1.165, 1.54) is 11.8 Å². The summed E-state index contributed by atoms with van der Waals surface area (Å²) in [7, 11) is 1.59. The van der Waals surface area contributed by atoms with Gasteiger partial charge in [0.25, 0.3) is 0 Å². The summed E-state index contributed by atoms with van der Waals surface area (Å²) in [6, 6.07) is 0. The highest BCUT2D eigenvalue weighted by Crippen LogP contribution is 2.49. The molecule has 1 fully saturated rings. The standard InChI is InChI=1S/C11H19NO3/c1-8(13)12(4)11(9(14)15)7-5-6-10(11,2)3/h5-7H2,1-4H3,(H,14,15). The minimum atomic E-state index is -1.03. The van der Waals surface area contributed by atoms with E-state index in [2.05, 4.69) is 0 Å². The van der Waals surface area contributed by atoms with Crippen LogP contribution in [0.4, 0.5) is 0 Å². The van der Waals surface area contributed by atoms with Gasteiger partial charge in [-0.05, 0) is 24.7 Å². The van der Waals surface area contributed by atoms with Gasteiger partial charge in [0.2, 0.25) is 5.91 Å². The average Bonchev–Trinajstić information content (AvgIpc) is 2.40. The van der Waals surface area contributed by atoms with Crippen LogP contribution in [0, 0.1) is 5.41 Å². The molecule has 4 heteroatoms. The van der Waals surface area contributed by atoms with Gasteiger partial charge in [-0.1, -0.05) is 13.8 Å². The summed E-state index contributed by atoms with van der Waals surface area (Å²) < 4.78 is 0. The van der Waals surface area contributed by atoms with Crippen LogP contribution in [0.25, 0.3) is 0 Å². The molecule has 0 aliphatic heterocycles. The number of carbonyl (C=O) groups excluding carboxylic acids is 1. The minimum Gasteiger partial charge on any atom is -0.479 e. The Kier molecular flexibility index (Phi) is 2.81. The molecule has 0 saturated heterocycles. The Morgan fingerprint density at radius 2 is 1.80 bits per heavy atom. The summed E-state index contributed by atoms with van der Waals surface area (Å²) in [5.74, 6) is -1.07. The number of hydrogen-bond donors (Lipinski definition) is 1. The van der Waals surface area contributed by atoms with Gasteiger partial charge >= 0.3 is 5.97 Å². The molecule has 0 spiro atoms. The predicted octanol–water partition coefficient (Wildman–Crippen LogP) is 1.50. The number of aliphatic carboxylic acids is 1. The van der Waals surface area contributed by atoms with Crippen LogP contribution in [0.3, 0.4) is 0 Å². The number of likely N-dealkylation sites (N-methyl/N-ethyl adjacent to an activating group) is 1. The summed E-state index contributed by atoms with van der Waals surface area (Å²) in [6.07, 6.45) is 2.25. The van der Waals surface area contributed by atoms with Gasteiger partial charge in [-0.3, -0.25) is 4.79 Å². The molecule has 4 nitrogen and oxygen atoms in total. The van der Waals surface area contributed by atoms with Crippen LogP contribution in [0.2, 0.25) is 0 Å². The zero-order chi connectivity index (χ0) is 11.9. The molecule has 0 bridgehead atoms. The van der Waals surface area contributed by atoms with Crippen LogP contribution in [-0.4, -0.2) is 34.5 Å². The lowest BCUT2D eigenvalue weighted by Gasteiger charge is -2.44. The number of hydrogen-bond acceptors (Lipinski definition) is 2. The first-order chi connectivity index (χ1) is 6.75. The van der Waals surface area contributed by atoms with Crippen molar-refractivity contribution >= 4 is 11.9 Å². The average molecular weight is 213 g/mol. The molecule has 1 rings (SSSR count). The zero-order valence-electron chi connectivity index (χ0n) is 9.83. The third-order valence-electron chi connectivity index (χ3n) is 3.86. The fourth-order valence-electron chi connectivity index (χ4n) is 2.76. The SMILES string of the molecule is CC(=O)N(C)C1(C(=O)O)CCCC1(C)C. The Hall–Kier alpha value is -1.06. The van der Waals surface area contributed by atoms with Gasteiger partial charge in [-0.15, -0.1) is 0 Å². The van der Waals surface area contributed by atoms with Gasteiger partial charge in [0.1, 0.15) is 5.54 Å². The molecule has 0 radical (unpaired) electrons. The van der Waals surface area contributed by atoms with E-state index in [1.54, 1.807) is 7.05 Å². The molecule has 0 aromatic heterocycles. The van der Waals surface area contributed by atoms with E-state index in [1.807, 2.05) is 13.8 Å². The third-order valence-corrected chi connectivity index (χ3v) is 3.86. The van der Waals surface area contributed by atoms with Crippen LogP contribution in [0.1, 0.15) is 40.0 Å². The van der Waals surface area contributed by atoms with Crippen molar-refractivity contribution in [1.29, 1.82) is 0 Å². The lowest BCUT2D eigenvalue weighted by molar-refractivity contribution is -0.164. The number of rotatable bonds is 2. The third kappa shape index (κ3) is 1.52. The first-order valence-corrected chi connectivity index (χ1v) is 5.23. The van der Waals surface area contributed by atoms with Gasteiger partial charge in [0.05, 0.1) is 0 Å². The second kappa shape index (κ2) is 3.51. The Morgan fingerprint density at radius 1 is 1.27 bits per heavy atom. The number of carbonyl (C=O) groups is 2. The molecule has 0 aromatic rings. The Morgan fingerprint density at radius 3 is 2.07 bits per heavy atom. The predicted molar refractivity (Wildman–Crippen MR) is 56.4 cm³/mol. The molecule has 1 N–H and O–H groups in total. The monoisotopic (exact) mass is 213 g/mol. The molecule has 1 aliphatic rings. The van der Waals surface area contributed by atoms with Crippen molar-refractivity contribution < 1.29 is 14.7 Å². The Balaban J connectivity index is 3.20. The summed E-state index contributed by atoms with van der Waals surface area (Å²) in [5.41, 5.74) is -1.39. The van der Waals surface area contributed by atoms with Crippen molar-refractivity contribution in [3.63, 3.8) is 0 Å². The molecular weight excluding hydrogens is 194 g/mol. The molecule has 1 atom stereocenters. The van der Waals surface area contributed by atoms with Gasteiger partial charge in [0, 0.05) is 14.0 Å². The molecule has 1 amide bonds. The fourth-order valence-corrected chi connectivity index (χ4v) is 2.76. The minimum absolute atomic E-state index is 0.188. The van der Waals surface area contributed by atoms with Crippen LogP contribution < -0.4 is 0 Å². The first kappa shape index (κ1) is 12.0. The number of amides is 1. The summed E-state index contributed by atoms with van der Waals surface area (Å²) >= 11 is 0. The number of carboxylic acid groups (broad SMARTS) is 1. The molecule has 1 aliphatic carbocycles. The maximum Gasteiger partial charge on any atom is 0.330 e. The Labute approximate surface area is 90.3 Å². The fraction of sp³-hybridized carbons (Fsp3) is 0.818. The summed E-state index contributed by atoms with van der Waals surface area (Å²) in [6.45, 7) is 5.26. The van der Waals surface area contributed by atoms with Crippen LogP contribution >= 0.6 is 0 Å². The molecule has 86 valence electrons. The Bertz CT molecular complexity index is 298. The normalized spacial score (nSPS) is 28.8. The topological polar surface area (TPSA) is 57.6 Å². The number of carboxylic acids is 1. The molecule has 1 saturated carbocycles. The summed E-state index contributed by atoms with van der Waals surface area (Å²) in [4.78, 5) is 24.3. The van der Waals surface area contributed by atoms with Gasteiger partial charge in [-0.25, -0.2) is 4.79 Å². The molecule has 0 heterocycles. The lowest BCUT2D eigenvalue weighted by atomic mass is 9.73. The van der Waals surface area contributed by atoms with Gasteiger partial charge in [0.15, 0.2) is 0 Å². The van der Waals surface area contributed by atoms with Crippen molar-refractivity contribution in [2.24, 2.45) is 5.41 Å². The van der Waals surface area contributed by atoms with Gasteiger partial charge < -0.3 is 10.0 Å². The van der Waals surface area contributed by atoms with E-state index in [4.69, 9.17) is 0 Å². The highest BCUT2D eigenvalue weighted by atomic mass is 16.4. The van der Waals surface area contributed by atoms with E-state index < -0.39 is 11.5 Å². The maximum atomic E-state index is 11.5. The molecule has 1 unspecified atom stereocenters. The molecule has 0 aromatic carbocycles. The van der Waals surface area contributed by atoms with E-state index in [9.17, 15) is 14.7 Å². The first-order valence-electron chi connectivity index (χ1n) is 5.23. The van der Waals surface area contributed by atoms with Crippen molar-refractivity contribution in [3.8, 4) is 0 Å². The van der Waals surface area contributed by atoms with Crippen LogP contribution in [0.15, 0.2) is 0 Å². The van der Waals surface area contributed by atoms with E-state index in [-0.39, 0.29) is 11.3 Å². The zero-order valence-corrected chi connectivity index (χ0v) is 9.83. The quantitative estimate of drug-likeness (QED) is 0.756. The molecule has 15 heavy (non-hydrogen) atoms. The lowest BCUT2D eigenvalue weighted by Crippen LogP contribution is -2.60. The second-order valence-electron chi connectivity index (χ2n) is 4.98. The summed E-state index contributed by atoms with van der Waals surface area (Å²) in [5, 5.41) is 9.42. The van der Waals surface area contributed by atoms with Crippen LogP contribution in [0.5, 0.6) is 0 Å². The van der Waals surface area contributed by atoms with E-state index in [0.29, 0.717) is 6.42 Å². The number of nitrogens with zero attached hydrogens (tertiary/aromatic N) is 1. The second-order valence-corrected chi connectivity index (χ2v) is 4.98.